The Balaban J connectivity index is 1.60. The fourth-order valence-corrected chi connectivity index (χ4v) is 3.40. The number of hydrogen-bond donors (Lipinski definition) is 2. The number of ether oxygens (including phenoxy) is 1. The molecule has 0 saturated carbocycles. The molecule has 28 heavy (non-hydrogen) atoms. The normalized spacial score (nSPS) is 11.5. The zero-order valence-electron chi connectivity index (χ0n) is 16.4. The number of hydrogen-bond acceptors (Lipinski definition) is 4. The maximum absolute atomic E-state index is 5.18. The molecule has 0 fully saturated rings. The molecule has 1 aromatic carbocycles. The summed E-state index contributed by atoms with van der Waals surface area (Å²) in [6.07, 6.45) is 2.04. The second-order valence-corrected chi connectivity index (χ2v) is 7.27. The number of guanidine groups is 1. The number of rotatable bonds is 6. The van der Waals surface area contributed by atoms with Gasteiger partial charge in [0.1, 0.15) is 11.6 Å². The fraction of sp³-hybridized carbons (Fsp3) is 0.316. The van der Waals surface area contributed by atoms with E-state index in [-0.39, 0.29) is 0 Å². The third-order valence-electron chi connectivity index (χ3n) is 4.34. The van der Waals surface area contributed by atoms with Gasteiger partial charge in [0.05, 0.1) is 20.2 Å². The first-order valence-electron chi connectivity index (χ1n) is 8.78. The lowest BCUT2D eigenvalue weighted by Gasteiger charge is -2.22. The van der Waals surface area contributed by atoms with Crippen LogP contribution in [0.1, 0.15) is 11.5 Å². The van der Waals surface area contributed by atoms with Crippen molar-refractivity contribution in [1.29, 1.82) is 0 Å². The standard InChI is InChI=1S/C19H24BrN7O/c1-21-19(27(3)12-15-9-14(20)11-26(15)2)22-10-17-23-18(25-24-17)13-5-7-16(28-4)8-6-13/h5-9,11H,10,12H2,1-4H3,(H,21,22)(H,23,24,25). The minimum atomic E-state index is 0.497. The van der Waals surface area contributed by atoms with E-state index in [2.05, 4.69) is 57.0 Å². The smallest absolute Gasteiger partial charge is 0.194 e. The van der Waals surface area contributed by atoms with Gasteiger partial charge in [0.25, 0.3) is 0 Å². The van der Waals surface area contributed by atoms with E-state index in [1.54, 1.807) is 14.2 Å². The van der Waals surface area contributed by atoms with E-state index in [0.717, 1.165) is 34.1 Å². The molecule has 0 amide bonds. The molecule has 0 atom stereocenters. The van der Waals surface area contributed by atoms with Crippen LogP contribution in [-0.2, 0) is 20.1 Å². The van der Waals surface area contributed by atoms with E-state index in [4.69, 9.17) is 4.74 Å². The first kappa shape index (κ1) is 19.9. The van der Waals surface area contributed by atoms with Gasteiger partial charge in [-0.3, -0.25) is 10.1 Å². The van der Waals surface area contributed by atoms with Crippen molar-refractivity contribution in [2.45, 2.75) is 13.1 Å². The maximum Gasteiger partial charge on any atom is 0.194 e. The van der Waals surface area contributed by atoms with E-state index in [0.29, 0.717) is 12.4 Å². The summed E-state index contributed by atoms with van der Waals surface area (Å²) in [5.74, 6) is 2.97. The Hall–Kier alpha value is -2.81. The number of halogens is 1. The molecular formula is C19H24BrN7O. The van der Waals surface area contributed by atoms with Gasteiger partial charge in [-0.05, 0) is 46.3 Å². The summed E-state index contributed by atoms with van der Waals surface area (Å²) in [6.45, 7) is 1.23. The molecule has 0 radical (unpaired) electrons. The molecule has 0 bridgehead atoms. The van der Waals surface area contributed by atoms with E-state index in [9.17, 15) is 0 Å². The van der Waals surface area contributed by atoms with E-state index in [1.807, 2.05) is 44.6 Å². The number of methoxy groups -OCH3 is 1. The van der Waals surface area contributed by atoms with Gasteiger partial charge in [-0.25, -0.2) is 4.98 Å². The molecule has 148 valence electrons. The van der Waals surface area contributed by atoms with Crippen LogP contribution in [0.25, 0.3) is 11.4 Å². The zero-order valence-corrected chi connectivity index (χ0v) is 18.0. The van der Waals surface area contributed by atoms with Crippen LogP contribution in [0.15, 0.2) is 46.0 Å². The van der Waals surface area contributed by atoms with Crippen LogP contribution in [0.5, 0.6) is 5.75 Å². The first-order chi connectivity index (χ1) is 13.5. The quantitative estimate of drug-likeness (QED) is 0.450. The molecule has 0 spiro atoms. The third-order valence-corrected chi connectivity index (χ3v) is 4.77. The molecule has 3 aromatic rings. The lowest BCUT2D eigenvalue weighted by Crippen LogP contribution is -2.38. The molecule has 9 heteroatoms. The molecule has 0 aliphatic carbocycles. The molecule has 0 saturated heterocycles. The van der Waals surface area contributed by atoms with Gasteiger partial charge in [0.15, 0.2) is 11.8 Å². The Morgan fingerprint density at radius 2 is 2.11 bits per heavy atom. The van der Waals surface area contributed by atoms with Gasteiger partial charge >= 0.3 is 0 Å². The van der Waals surface area contributed by atoms with Crippen molar-refractivity contribution >= 4 is 21.9 Å². The molecule has 2 N–H and O–H groups in total. The van der Waals surface area contributed by atoms with Crippen LogP contribution in [0.3, 0.4) is 0 Å². The van der Waals surface area contributed by atoms with Crippen molar-refractivity contribution in [1.82, 2.24) is 30.0 Å². The molecule has 2 aromatic heterocycles. The van der Waals surface area contributed by atoms with Crippen molar-refractivity contribution in [2.24, 2.45) is 12.0 Å². The first-order valence-corrected chi connectivity index (χ1v) is 9.57. The van der Waals surface area contributed by atoms with Crippen LogP contribution in [0.4, 0.5) is 0 Å². The maximum atomic E-state index is 5.18. The van der Waals surface area contributed by atoms with Crippen molar-refractivity contribution in [3.8, 4) is 17.1 Å². The fourth-order valence-electron chi connectivity index (χ4n) is 2.83. The van der Waals surface area contributed by atoms with Gasteiger partial charge < -0.3 is 19.5 Å². The summed E-state index contributed by atoms with van der Waals surface area (Å²) < 4.78 is 8.33. The topological polar surface area (TPSA) is 83.4 Å². The minimum absolute atomic E-state index is 0.497. The average molecular weight is 446 g/mol. The van der Waals surface area contributed by atoms with E-state index >= 15 is 0 Å². The van der Waals surface area contributed by atoms with E-state index < -0.39 is 0 Å². The van der Waals surface area contributed by atoms with Gasteiger partial charge in [-0.15, -0.1) is 0 Å². The predicted octanol–water partition coefficient (Wildman–Crippen LogP) is 2.79. The molecule has 0 aliphatic rings. The van der Waals surface area contributed by atoms with Crippen molar-refractivity contribution in [3.05, 3.63) is 52.5 Å². The number of aromatic amines is 1. The highest BCUT2D eigenvalue weighted by molar-refractivity contribution is 9.10. The molecule has 2 heterocycles. The average Bonchev–Trinajstić information content (AvgIpc) is 3.28. The SMILES string of the molecule is CN=C(NCc1nc(-c2ccc(OC)cc2)n[nH]1)N(C)Cc1cc(Br)cn1C. The van der Waals surface area contributed by atoms with Gasteiger partial charge in [-0.2, -0.15) is 5.10 Å². The monoisotopic (exact) mass is 445 g/mol. The number of nitrogens with one attached hydrogen (secondary N) is 2. The molecular weight excluding hydrogens is 422 g/mol. The second kappa shape index (κ2) is 8.92. The number of aryl methyl sites for hydroxylation is 1. The number of nitrogens with zero attached hydrogens (tertiary/aromatic N) is 5. The highest BCUT2D eigenvalue weighted by atomic mass is 79.9. The summed E-state index contributed by atoms with van der Waals surface area (Å²) in [6, 6.07) is 9.75. The van der Waals surface area contributed by atoms with E-state index in [1.165, 1.54) is 5.69 Å². The number of aromatic nitrogens is 4. The van der Waals surface area contributed by atoms with Crippen LogP contribution >= 0.6 is 15.9 Å². The number of H-pyrrole nitrogens is 1. The van der Waals surface area contributed by atoms with Crippen molar-refractivity contribution in [2.75, 3.05) is 21.2 Å². The lowest BCUT2D eigenvalue weighted by molar-refractivity contribution is 0.415. The number of benzene rings is 1. The summed E-state index contributed by atoms with van der Waals surface area (Å²) in [4.78, 5) is 11.0. The summed E-state index contributed by atoms with van der Waals surface area (Å²) in [5, 5.41) is 10.6. The Bertz CT molecular complexity index is 946. The zero-order chi connectivity index (χ0) is 20.1. The highest BCUT2D eigenvalue weighted by Gasteiger charge is 2.11. The Morgan fingerprint density at radius 1 is 1.36 bits per heavy atom. The van der Waals surface area contributed by atoms with Crippen molar-refractivity contribution in [3.63, 3.8) is 0 Å². The van der Waals surface area contributed by atoms with Crippen LogP contribution in [-0.4, -0.2) is 51.8 Å². The minimum Gasteiger partial charge on any atom is -0.497 e. The summed E-state index contributed by atoms with van der Waals surface area (Å²) in [5.41, 5.74) is 2.11. The summed E-state index contributed by atoms with van der Waals surface area (Å²) in [7, 11) is 7.44. The Kier molecular flexibility index (Phi) is 6.35. The third kappa shape index (κ3) is 4.72. The Labute approximate surface area is 172 Å². The van der Waals surface area contributed by atoms with Gasteiger partial charge in [0.2, 0.25) is 0 Å². The molecule has 3 rings (SSSR count). The molecule has 0 unspecified atom stereocenters. The van der Waals surface area contributed by atoms with Crippen molar-refractivity contribution < 1.29 is 4.74 Å². The van der Waals surface area contributed by atoms with Crippen LogP contribution in [0.2, 0.25) is 0 Å². The van der Waals surface area contributed by atoms with Crippen LogP contribution < -0.4 is 10.1 Å². The van der Waals surface area contributed by atoms with Crippen LogP contribution in [0, 0.1) is 0 Å². The Morgan fingerprint density at radius 3 is 2.71 bits per heavy atom. The number of aliphatic imine (C=N–C) groups is 1. The van der Waals surface area contributed by atoms with Gasteiger partial charge in [0, 0.05) is 43.1 Å². The predicted molar refractivity (Wildman–Crippen MR) is 113 cm³/mol. The molecule has 0 aliphatic heterocycles. The molecule has 8 nitrogen and oxygen atoms in total. The summed E-state index contributed by atoms with van der Waals surface area (Å²) >= 11 is 3.51. The second-order valence-electron chi connectivity index (χ2n) is 6.35. The largest absolute Gasteiger partial charge is 0.497 e. The van der Waals surface area contributed by atoms with Gasteiger partial charge in [-0.1, -0.05) is 0 Å². The highest BCUT2D eigenvalue weighted by Crippen LogP contribution is 2.19. The lowest BCUT2D eigenvalue weighted by atomic mass is 10.2.